The van der Waals surface area contributed by atoms with Crippen LogP contribution in [0.5, 0.6) is 0 Å². The molecule has 0 bridgehead atoms. The van der Waals surface area contributed by atoms with Gasteiger partial charge in [-0.15, -0.1) is 0 Å². The van der Waals surface area contributed by atoms with Crippen LogP contribution < -0.4 is 15.5 Å². The highest BCUT2D eigenvalue weighted by molar-refractivity contribution is 5.95. The molecule has 0 radical (unpaired) electrons. The number of aromatic nitrogens is 1. The molecule has 0 unspecified atom stereocenters. The van der Waals surface area contributed by atoms with Crippen molar-refractivity contribution in [3.8, 4) is 0 Å². The van der Waals surface area contributed by atoms with Crippen LogP contribution >= 0.6 is 0 Å². The Hall–Kier alpha value is -3.20. The molecule has 152 valence electrons. The maximum Gasteiger partial charge on any atom is 0.293 e. The number of rotatable bonds is 7. The zero-order valence-corrected chi connectivity index (χ0v) is 16.0. The molecule has 1 saturated heterocycles. The van der Waals surface area contributed by atoms with Gasteiger partial charge in [0.05, 0.1) is 18.1 Å². The van der Waals surface area contributed by atoms with E-state index < -0.39 is 4.92 Å². The van der Waals surface area contributed by atoms with E-state index in [4.69, 9.17) is 4.74 Å². The van der Waals surface area contributed by atoms with Crippen LogP contribution in [0.15, 0.2) is 36.5 Å². The summed E-state index contributed by atoms with van der Waals surface area (Å²) in [6.07, 6.45) is 3.74. The van der Waals surface area contributed by atoms with E-state index in [0.717, 1.165) is 37.3 Å². The molecular formula is C20H23N5O4. The van der Waals surface area contributed by atoms with Crippen molar-refractivity contribution >= 4 is 23.1 Å². The number of hydrogen-bond acceptors (Lipinski definition) is 7. The van der Waals surface area contributed by atoms with E-state index in [1.165, 1.54) is 6.07 Å². The van der Waals surface area contributed by atoms with Gasteiger partial charge in [-0.2, -0.15) is 0 Å². The van der Waals surface area contributed by atoms with Gasteiger partial charge >= 0.3 is 0 Å². The number of nitrogens with one attached hydrogen (secondary N) is 2. The topological polar surface area (TPSA) is 110 Å². The third-order valence-corrected chi connectivity index (χ3v) is 4.99. The quantitative estimate of drug-likeness (QED) is 0.545. The number of ether oxygens (including phenoxy) is 1. The third kappa shape index (κ3) is 4.80. The second kappa shape index (κ2) is 8.44. The molecule has 1 aromatic carbocycles. The summed E-state index contributed by atoms with van der Waals surface area (Å²) in [5.74, 6) is 0.502. The Morgan fingerprint density at radius 3 is 2.76 bits per heavy atom. The summed E-state index contributed by atoms with van der Waals surface area (Å²) in [4.78, 5) is 30.0. The molecule has 2 N–H and O–H groups in total. The largest absolute Gasteiger partial charge is 0.378 e. The minimum atomic E-state index is -0.459. The Labute approximate surface area is 168 Å². The number of hydrogen-bond donors (Lipinski definition) is 2. The lowest BCUT2D eigenvalue weighted by Gasteiger charge is -2.28. The fourth-order valence-corrected chi connectivity index (χ4v) is 3.21. The Bertz CT molecular complexity index is 909. The maximum atomic E-state index is 12.5. The van der Waals surface area contributed by atoms with E-state index in [1.54, 1.807) is 18.3 Å². The summed E-state index contributed by atoms with van der Waals surface area (Å²) in [5.41, 5.74) is 1.55. The summed E-state index contributed by atoms with van der Waals surface area (Å²) in [7, 11) is 0. The standard InChI is InChI=1S/C20H23N5O4/c26-20(15-1-4-17(23-16-2-3-16)18(12-15)25(27)28)22-13-14-5-6-21-19(11-14)24-7-9-29-10-8-24/h1,4-6,11-12,16,23H,2-3,7-10,13H2,(H,22,26). The van der Waals surface area contributed by atoms with Crippen LogP contribution in [0, 0.1) is 10.1 Å². The van der Waals surface area contributed by atoms with Gasteiger partial charge in [0.1, 0.15) is 11.5 Å². The summed E-state index contributed by atoms with van der Waals surface area (Å²) >= 11 is 0. The lowest BCUT2D eigenvalue weighted by atomic mass is 10.1. The minimum absolute atomic E-state index is 0.0805. The number of carbonyl (C=O) groups excluding carboxylic acids is 1. The second-order valence-electron chi connectivity index (χ2n) is 7.21. The van der Waals surface area contributed by atoms with Crippen molar-refractivity contribution in [3.05, 3.63) is 57.8 Å². The number of pyridine rings is 1. The molecule has 1 amide bonds. The maximum absolute atomic E-state index is 12.5. The molecule has 0 atom stereocenters. The average Bonchev–Trinajstić information content (AvgIpc) is 3.57. The molecule has 0 spiro atoms. The van der Waals surface area contributed by atoms with Crippen LogP contribution in [0.2, 0.25) is 0 Å². The van der Waals surface area contributed by atoms with Crippen molar-refractivity contribution < 1.29 is 14.5 Å². The molecule has 1 aromatic heterocycles. The Kier molecular flexibility index (Phi) is 5.57. The Morgan fingerprint density at radius 2 is 2.03 bits per heavy atom. The highest BCUT2D eigenvalue weighted by atomic mass is 16.6. The second-order valence-corrected chi connectivity index (χ2v) is 7.21. The SMILES string of the molecule is O=C(NCc1ccnc(N2CCOCC2)c1)c1ccc(NC2CC2)c([N+](=O)[O-])c1. The Balaban J connectivity index is 1.41. The van der Waals surface area contributed by atoms with E-state index in [1.807, 2.05) is 12.1 Å². The number of carbonyl (C=O) groups is 1. The van der Waals surface area contributed by atoms with Crippen LogP contribution in [0.3, 0.4) is 0 Å². The summed E-state index contributed by atoms with van der Waals surface area (Å²) in [5, 5.41) is 17.3. The lowest BCUT2D eigenvalue weighted by molar-refractivity contribution is -0.384. The number of morpholine rings is 1. The average molecular weight is 397 g/mol. The number of amides is 1. The van der Waals surface area contributed by atoms with Crippen molar-refractivity contribution in [1.82, 2.24) is 10.3 Å². The van der Waals surface area contributed by atoms with Gasteiger partial charge in [-0.3, -0.25) is 14.9 Å². The van der Waals surface area contributed by atoms with Crippen molar-refractivity contribution in [2.75, 3.05) is 36.5 Å². The molecule has 1 aliphatic heterocycles. The molecule has 9 nitrogen and oxygen atoms in total. The van der Waals surface area contributed by atoms with Crippen molar-refractivity contribution in [2.45, 2.75) is 25.4 Å². The van der Waals surface area contributed by atoms with Crippen LogP contribution in [-0.2, 0) is 11.3 Å². The molecule has 1 saturated carbocycles. The predicted molar refractivity (Wildman–Crippen MR) is 108 cm³/mol. The van der Waals surface area contributed by atoms with Gasteiger partial charge in [-0.25, -0.2) is 4.98 Å². The lowest BCUT2D eigenvalue weighted by Crippen LogP contribution is -2.36. The van der Waals surface area contributed by atoms with E-state index in [0.29, 0.717) is 31.5 Å². The van der Waals surface area contributed by atoms with E-state index in [-0.39, 0.29) is 17.2 Å². The van der Waals surface area contributed by atoms with Crippen molar-refractivity contribution in [1.29, 1.82) is 0 Å². The van der Waals surface area contributed by atoms with Gasteiger partial charge in [0.15, 0.2) is 0 Å². The highest BCUT2D eigenvalue weighted by Crippen LogP contribution is 2.31. The zero-order chi connectivity index (χ0) is 20.2. The number of benzene rings is 1. The van der Waals surface area contributed by atoms with Crippen molar-refractivity contribution in [3.63, 3.8) is 0 Å². The molecule has 2 aromatic rings. The summed E-state index contributed by atoms with van der Waals surface area (Å²) in [6, 6.07) is 8.62. The molecule has 1 aliphatic carbocycles. The van der Waals surface area contributed by atoms with Gasteiger partial charge in [0.25, 0.3) is 11.6 Å². The molecule has 2 fully saturated rings. The van der Waals surface area contributed by atoms with E-state index >= 15 is 0 Å². The van der Waals surface area contributed by atoms with Gasteiger partial charge < -0.3 is 20.3 Å². The molecular weight excluding hydrogens is 374 g/mol. The molecule has 29 heavy (non-hydrogen) atoms. The minimum Gasteiger partial charge on any atom is -0.378 e. The first kappa shape index (κ1) is 19.1. The van der Waals surface area contributed by atoms with Crippen LogP contribution in [0.4, 0.5) is 17.2 Å². The van der Waals surface area contributed by atoms with E-state index in [9.17, 15) is 14.9 Å². The van der Waals surface area contributed by atoms with E-state index in [2.05, 4.69) is 20.5 Å². The molecule has 2 aliphatic rings. The van der Waals surface area contributed by atoms with Crippen LogP contribution in [0.1, 0.15) is 28.8 Å². The van der Waals surface area contributed by atoms with Gasteiger partial charge in [-0.05, 0) is 42.7 Å². The Morgan fingerprint density at radius 1 is 1.24 bits per heavy atom. The van der Waals surface area contributed by atoms with Gasteiger partial charge in [-0.1, -0.05) is 0 Å². The fourth-order valence-electron chi connectivity index (χ4n) is 3.21. The first-order valence-electron chi connectivity index (χ1n) is 9.71. The fraction of sp³-hybridized carbons (Fsp3) is 0.400. The summed E-state index contributed by atoms with van der Waals surface area (Å²) in [6.45, 7) is 3.23. The third-order valence-electron chi connectivity index (χ3n) is 4.99. The number of nitrogens with zero attached hydrogens (tertiary/aromatic N) is 3. The first-order chi connectivity index (χ1) is 14.1. The molecule has 9 heteroatoms. The van der Waals surface area contributed by atoms with Gasteiger partial charge in [0, 0.05) is 43.5 Å². The van der Waals surface area contributed by atoms with Crippen molar-refractivity contribution in [2.24, 2.45) is 0 Å². The van der Waals surface area contributed by atoms with Crippen LogP contribution in [-0.4, -0.2) is 48.2 Å². The summed E-state index contributed by atoms with van der Waals surface area (Å²) < 4.78 is 5.36. The number of nitro groups is 1. The molecule has 4 rings (SSSR count). The zero-order valence-electron chi connectivity index (χ0n) is 16.0. The highest BCUT2D eigenvalue weighted by Gasteiger charge is 2.25. The van der Waals surface area contributed by atoms with Crippen LogP contribution in [0.25, 0.3) is 0 Å². The first-order valence-corrected chi connectivity index (χ1v) is 9.71. The molecule has 2 heterocycles. The normalized spacial score (nSPS) is 16.3. The van der Waals surface area contributed by atoms with Gasteiger partial charge in [0.2, 0.25) is 0 Å². The monoisotopic (exact) mass is 397 g/mol. The number of nitro benzene ring substituents is 1. The number of anilines is 2. The predicted octanol–water partition coefficient (Wildman–Crippen LogP) is 2.33. The smallest absolute Gasteiger partial charge is 0.293 e.